The van der Waals surface area contributed by atoms with E-state index in [2.05, 4.69) is 5.32 Å². The molecule has 0 saturated carbocycles. The molecule has 0 fully saturated rings. The number of para-hydroxylation sites is 2. The molecular weight excluding hydrogens is 264 g/mol. The number of rotatable bonds is 2. The fraction of sp³-hybridized carbons (Fsp3) is 0.0588. The third-order valence-electron chi connectivity index (χ3n) is 3.34. The fourth-order valence-corrected chi connectivity index (χ4v) is 2.33. The summed E-state index contributed by atoms with van der Waals surface area (Å²) in [5.74, 6) is -0.0579. The van der Waals surface area contributed by atoms with Crippen molar-refractivity contribution in [1.29, 1.82) is 0 Å². The molecule has 0 aliphatic rings. The minimum absolute atomic E-state index is 0.0579. The highest BCUT2D eigenvalue weighted by atomic mass is 16.2. The SMILES string of the molecule is CC(=O)c1cn(C(=O)Nc2ccccc2)c2ccccc12. The van der Waals surface area contributed by atoms with Crippen molar-refractivity contribution in [3.8, 4) is 0 Å². The molecule has 4 nitrogen and oxygen atoms in total. The predicted octanol–water partition coefficient (Wildman–Crippen LogP) is 3.92. The van der Waals surface area contributed by atoms with E-state index in [0.29, 0.717) is 11.3 Å². The first-order valence-electron chi connectivity index (χ1n) is 6.64. The second-order valence-electron chi connectivity index (χ2n) is 4.78. The Morgan fingerprint density at radius 2 is 1.62 bits per heavy atom. The maximum Gasteiger partial charge on any atom is 0.330 e. The summed E-state index contributed by atoms with van der Waals surface area (Å²) in [6, 6.07) is 16.3. The molecule has 0 bridgehead atoms. The number of nitrogens with zero attached hydrogens (tertiary/aromatic N) is 1. The van der Waals surface area contributed by atoms with Crippen molar-refractivity contribution in [2.75, 3.05) is 5.32 Å². The van der Waals surface area contributed by atoms with Gasteiger partial charge in [0.15, 0.2) is 5.78 Å². The minimum atomic E-state index is -0.287. The number of carbonyl (C=O) groups excluding carboxylic acids is 2. The molecule has 1 N–H and O–H groups in total. The summed E-state index contributed by atoms with van der Waals surface area (Å²) in [6.07, 6.45) is 1.59. The topological polar surface area (TPSA) is 51.1 Å². The van der Waals surface area contributed by atoms with Crippen LogP contribution in [0.4, 0.5) is 10.5 Å². The van der Waals surface area contributed by atoms with Gasteiger partial charge in [-0.25, -0.2) is 4.79 Å². The van der Waals surface area contributed by atoms with Crippen molar-refractivity contribution in [1.82, 2.24) is 4.57 Å². The van der Waals surface area contributed by atoms with Crippen LogP contribution in [0.3, 0.4) is 0 Å². The van der Waals surface area contributed by atoms with E-state index in [1.165, 1.54) is 11.5 Å². The molecule has 0 atom stereocenters. The molecule has 3 rings (SSSR count). The molecule has 0 unspecified atom stereocenters. The van der Waals surface area contributed by atoms with Gasteiger partial charge in [-0.15, -0.1) is 0 Å². The van der Waals surface area contributed by atoms with Gasteiger partial charge in [0.1, 0.15) is 0 Å². The number of ketones is 1. The lowest BCUT2D eigenvalue weighted by Gasteiger charge is -2.06. The maximum absolute atomic E-state index is 12.4. The Labute approximate surface area is 122 Å². The van der Waals surface area contributed by atoms with Crippen LogP contribution in [0, 0.1) is 0 Å². The van der Waals surface area contributed by atoms with Gasteiger partial charge in [0, 0.05) is 22.8 Å². The number of Topliss-reactive ketones (excluding diaryl/α,β-unsaturated/α-hetero) is 1. The van der Waals surface area contributed by atoms with E-state index in [1.54, 1.807) is 6.20 Å². The third kappa shape index (κ3) is 2.43. The molecule has 4 heteroatoms. The van der Waals surface area contributed by atoms with Crippen LogP contribution in [0.25, 0.3) is 10.9 Å². The zero-order valence-corrected chi connectivity index (χ0v) is 11.5. The molecule has 0 aliphatic carbocycles. The molecule has 1 heterocycles. The lowest BCUT2D eigenvalue weighted by molar-refractivity contribution is 0.101. The van der Waals surface area contributed by atoms with Gasteiger partial charge in [-0.05, 0) is 25.1 Å². The van der Waals surface area contributed by atoms with Crippen molar-refractivity contribution in [3.05, 3.63) is 66.4 Å². The molecule has 0 radical (unpaired) electrons. The molecule has 1 amide bonds. The summed E-state index contributed by atoms with van der Waals surface area (Å²) in [5.41, 5.74) is 1.98. The molecule has 21 heavy (non-hydrogen) atoms. The van der Waals surface area contributed by atoms with Crippen molar-refractivity contribution in [2.45, 2.75) is 6.92 Å². The number of amides is 1. The summed E-state index contributed by atoms with van der Waals surface area (Å²) >= 11 is 0. The number of anilines is 1. The van der Waals surface area contributed by atoms with E-state index in [1.807, 2.05) is 54.6 Å². The fourth-order valence-electron chi connectivity index (χ4n) is 2.33. The van der Waals surface area contributed by atoms with Gasteiger partial charge in [-0.2, -0.15) is 0 Å². The van der Waals surface area contributed by atoms with Crippen LogP contribution in [0.15, 0.2) is 60.8 Å². The van der Waals surface area contributed by atoms with Gasteiger partial charge < -0.3 is 5.32 Å². The van der Waals surface area contributed by atoms with E-state index in [9.17, 15) is 9.59 Å². The van der Waals surface area contributed by atoms with Gasteiger partial charge in [0.25, 0.3) is 0 Å². The van der Waals surface area contributed by atoms with Crippen molar-refractivity contribution >= 4 is 28.4 Å². The zero-order valence-electron chi connectivity index (χ0n) is 11.5. The molecule has 0 spiro atoms. The first kappa shape index (κ1) is 13.1. The van der Waals surface area contributed by atoms with Crippen LogP contribution in [-0.4, -0.2) is 16.4 Å². The molecular formula is C17H14N2O2. The molecule has 0 saturated heterocycles. The smallest absolute Gasteiger partial charge is 0.307 e. The van der Waals surface area contributed by atoms with Gasteiger partial charge in [0.2, 0.25) is 0 Å². The standard InChI is InChI=1S/C17H14N2O2/c1-12(20)15-11-19(16-10-6-5-9-14(15)16)17(21)18-13-7-3-2-4-8-13/h2-11H,1H3,(H,18,21). The summed E-state index contributed by atoms with van der Waals surface area (Å²) in [6.45, 7) is 1.50. The number of hydrogen-bond donors (Lipinski definition) is 1. The molecule has 2 aromatic carbocycles. The van der Waals surface area contributed by atoms with Gasteiger partial charge in [-0.3, -0.25) is 9.36 Å². The second-order valence-corrected chi connectivity index (χ2v) is 4.78. The van der Waals surface area contributed by atoms with Gasteiger partial charge in [-0.1, -0.05) is 36.4 Å². The minimum Gasteiger partial charge on any atom is -0.307 e. The van der Waals surface area contributed by atoms with Gasteiger partial charge in [0.05, 0.1) is 5.52 Å². The van der Waals surface area contributed by atoms with E-state index >= 15 is 0 Å². The lowest BCUT2D eigenvalue weighted by atomic mass is 10.1. The zero-order chi connectivity index (χ0) is 14.8. The van der Waals surface area contributed by atoms with Crippen molar-refractivity contribution < 1.29 is 9.59 Å². The molecule has 3 aromatic rings. The number of benzene rings is 2. The van der Waals surface area contributed by atoms with Crippen LogP contribution in [0.2, 0.25) is 0 Å². The highest BCUT2D eigenvalue weighted by Gasteiger charge is 2.15. The van der Waals surface area contributed by atoms with Crippen LogP contribution in [0.5, 0.6) is 0 Å². The summed E-state index contributed by atoms with van der Waals surface area (Å²) < 4.78 is 1.47. The Morgan fingerprint density at radius 1 is 0.952 bits per heavy atom. The quantitative estimate of drug-likeness (QED) is 0.722. The van der Waals surface area contributed by atoms with Crippen LogP contribution in [0.1, 0.15) is 17.3 Å². The Kier molecular flexibility index (Phi) is 3.28. The highest BCUT2D eigenvalue weighted by molar-refractivity contribution is 6.10. The average molecular weight is 278 g/mol. The number of aromatic nitrogens is 1. The number of nitrogens with one attached hydrogen (secondary N) is 1. The van der Waals surface area contributed by atoms with E-state index < -0.39 is 0 Å². The van der Waals surface area contributed by atoms with Crippen LogP contribution in [-0.2, 0) is 0 Å². The molecule has 0 aliphatic heterocycles. The van der Waals surface area contributed by atoms with Crippen LogP contribution < -0.4 is 5.32 Å². The Hall–Kier alpha value is -2.88. The van der Waals surface area contributed by atoms with Crippen molar-refractivity contribution in [2.24, 2.45) is 0 Å². The monoisotopic (exact) mass is 278 g/mol. The largest absolute Gasteiger partial charge is 0.330 e. The van der Waals surface area contributed by atoms with Crippen molar-refractivity contribution in [3.63, 3.8) is 0 Å². The number of fused-ring (bicyclic) bond motifs is 1. The first-order valence-corrected chi connectivity index (χ1v) is 6.64. The summed E-state index contributed by atoms with van der Waals surface area (Å²) in [4.78, 5) is 24.1. The van der Waals surface area contributed by atoms with E-state index in [0.717, 1.165) is 10.9 Å². The van der Waals surface area contributed by atoms with E-state index in [-0.39, 0.29) is 11.8 Å². The van der Waals surface area contributed by atoms with Gasteiger partial charge >= 0.3 is 6.03 Å². The lowest BCUT2D eigenvalue weighted by Crippen LogP contribution is -2.18. The molecule has 104 valence electrons. The van der Waals surface area contributed by atoms with E-state index in [4.69, 9.17) is 0 Å². The first-order chi connectivity index (χ1) is 10.2. The Morgan fingerprint density at radius 3 is 2.33 bits per heavy atom. The molecule has 1 aromatic heterocycles. The summed E-state index contributed by atoms with van der Waals surface area (Å²) in [7, 11) is 0. The number of hydrogen-bond acceptors (Lipinski definition) is 2. The van der Waals surface area contributed by atoms with Crippen LogP contribution >= 0.6 is 0 Å². The maximum atomic E-state index is 12.4. The predicted molar refractivity (Wildman–Crippen MR) is 82.8 cm³/mol. The Bertz CT molecular complexity index is 819. The number of carbonyl (C=O) groups is 2. The average Bonchev–Trinajstić information content (AvgIpc) is 2.88. The normalized spacial score (nSPS) is 10.5. The third-order valence-corrected chi connectivity index (χ3v) is 3.34. The second kappa shape index (κ2) is 5.25. The Balaban J connectivity index is 2.04. The summed E-state index contributed by atoms with van der Waals surface area (Å²) in [5, 5.41) is 3.60. The highest BCUT2D eigenvalue weighted by Crippen LogP contribution is 2.22.